The van der Waals surface area contributed by atoms with E-state index < -0.39 is 0 Å². The van der Waals surface area contributed by atoms with Gasteiger partial charge in [-0.15, -0.1) is 0 Å². The largest absolute Gasteiger partial charge is 0.487 e. The van der Waals surface area contributed by atoms with Crippen LogP contribution in [0.1, 0.15) is 56.2 Å². The van der Waals surface area contributed by atoms with Crippen LogP contribution in [-0.4, -0.2) is 17.1 Å². The molecule has 0 saturated carbocycles. The first kappa shape index (κ1) is 20.1. The van der Waals surface area contributed by atoms with Gasteiger partial charge in [0.2, 0.25) is 5.88 Å². The van der Waals surface area contributed by atoms with Crippen LogP contribution >= 0.6 is 0 Å². The van der Waals surface area contributed by atoms with Gasteiger partial charge in [0.1, 0.15) is 12.4 Å². The molecule has 0 aliphatic rings. The normalized spacial score (nSPS) is 11.6. The number of hydrogen-bond acceptors (Lipinski definition) is 4. The fourth-order valence-electron chi connectivity index (χ4n) is 4.07. The molecule has 0 atom stereocenters. The van der Waals surface area contributed by atoms with Gasteiger partial charge < -0.3 is 9.47 Å². The minimum atomic E-state index is 0.352. The van der Waals surface area contributed by atoms with Crippen LogP contribution in [0.25, 0.3) is 21.8 Å². The first-order chi connectivity index (χ1) is 14.5. The average molecular weight is 401 g/mol. The van der Waals surface area contributed by atoms with Crippen LogP contribution in [0.15, 0.2) is 54.7 Å². The third-order valence-corrected chi connectivity index (χ3v) is 5.51. The van der Waals surface area contributed by atoms with E-state index >= 15 is 0 Å². The predicted octanol–water partition coefficient (Wildman–Crippen LogP) is 6.62. The van der Waals surface area contributed by atoms with E-state index in [2.05, 4.69) is 68.0 Å². The molecule has 0 aliphatic carbocycles. The van der Waals surface area contributed by atoms with Crippen molar-refractivity contribution in [3.8, 4) is 11.6 Å². The zero-order chi connectivity index (χ0) is 21.3. The Hall–Kier alpha value is -3.14. The summed E-state index contributed by atoms with van der Waals surface area (Å²) in [6, 6.07) is 16.5. The summed E-state index contributed by atoms with van der Waals surface area (Å²) < 4.78 is 11.5. The Kier molecular flexibility index (Phi) is 5.58. The topological polar surface area (TPSA) is 44.2 Å². The lowest BCUT2D eigenvalue weighted by Crippen LogP contribution is -2.04. The summed E-state index contributed by atoms with van der Waals surface area (Å²) >= 11 is 0. The summed E-state index contributed by atoms with van der Waals surface area (Å²) in [6.07, 6.45) is 1.81. The summed E-state index contributed by atoms with van der Waals surface area (Å²) in [5.74, 6) is 2.20. The van der Waals surface area contributed by atoms with Crippen molar-refractivity contribution in [1.29, 1.82) is 0 Å². The van der Waals surface area contributed by atoms with E-state index in [4.69, 9.17) is 9.47 Å². The molecule has 0 N–H and O–H groups in total. The highest BCUT2D eigenvalue weighted by Crippen LogP contribution is 2.31. The van der Waals surface area contributed by atoms with Crippen LogP contribution in [0.4, 0.5) is 0 Å². The molecule has 0 unspecified atom stereocenters. The Labute approximate surface area is 177 Å². The Morgan fingerprint density at radius 1 is 0.867 bits per heavy atom. The number of aromatic nitrogens is 2. The van der Waals surface area contributed by atoms with E-state index in [0.29, 0.717) is 24.3 Å². The second-order valence-electron chi connectivity index (χ2n) is 8.24. The van der Waals surface area contributed by atoms with E-state index in [1.807, 2.05) is 24.4 Å². The van der Waals surface area contributed by atoms with E-state index in [-0.39, 0.29) is 0 Å². The lowest BCUT2D eigenvalue weighted by molar-refractivity contribution is 0.304. The van der Waals surface area contributed by atoms with Crippen LogP contribution in [0.2, 0.25) is 0 Å². The summed E-state index contributed by atoms with van der Waals surface area (Å²) in [4.78, 5) is 9.20. The molecule has 30 heavy (non-hydrogen) atoms. The Morgan fingerprint density at radius 2 is 1.70 bits per heavy atom. The van der Waals surface area contributed by atoms with Crippen molar-refractivity contribution < 1.29 is 9.47 Å². The molecule has 154 valence electrons. The quantitative estimate of drug-likeness (QED) is 0.365. The molecular weight excluding hydrogens is 372 g/mol. The molecule has 0 saturated heterocycles. The zero-order valence-electron chi connectivity index (χ0n) is 18.3. The Morgan fingerprint density at radius 3 is 2.43 bits per heavy atom. The van der Waals surface area contributed by atoms with Crippen molar-refractivity contribution in [1.82, 2.24) is 9.97 Å². The van der Waals surface area contributed by atoms with Gasteiger partial charge in [0.05, 0.1) is 24.3 Å². The van der Waals surface area contributed by atoms with Crippen molar-refractivity contribution in [2.75, 3.05) is 7.11 Å². The van der Waals surface area contributed by atoms with Gasteiger partial charge in [0, 0.05) is 16.8 Å². The average Bonchev–Trinajstić information content (AvgIpc) is 2.75. The summed E-state index contributed by atoms with van der Waals surface area (Å²) in [6.45, 7) is 9.31. The summed E-state index contributed by atoms with van der Waals surface area (Å²) in [7, 11) is 1.64. The predicted molar refractivity (Wildman–Crippen MR) is 123 cm³/mol. The minimum absolute atomic E-state index is 0.352. The van der Waals surface area contributed by atoms with E-state index in [9.17, 15) is 0 Å². The third kappa shape index (κ3) is 3.82. The number of nitrogens with zero attached hydrogens (tertiary/aromatic N) is 2. The highest BCUT2D eigenvalue weighted by Gasteiger charge is 2.14. The molecule has 4 heteroatoms. The second-order valence-corrected chi connectivity index (χ2v) is 8.24. The lowest BCUT2D eigenvalue weighted by Gasteiger charge is -2.17. The number of fused-ring (bicyclic) bond motifs is 2. The van der Waals surface area contributed by atoms with Crippen molar-refractivity contribution in [3.05, 3.63) is 71.4 Å². The van der Waals surface area contributed by atoms with Gasteiger partial charge in [-0.1, -0.05) is 45.9 Å². The number of ether oxygens (including phenoxy) is 2. The fraction of sp³-hybridized carbons (Fsp3) is 0.308. The molecule has 4 nitrogen and oxygen atoms in total. The molecule has 0 fully saturated rings. The highest BCUT2D eigenvalue weighted by molar-refractivity contribution is 5.85. The van der Waals surface area contributed by atoms with Crippen molar-refractivity contribution >= 4 is 21.8 Å². The van der Waals surface area contributed by atoms with Crippen molar-refractivity contribution in [2.45, 2.75) is 46.1 Å². The molecule has 0 aliphatic heterocycles. The first-order valence-corrected chi connectivity index (χ1v) is 10.5. The molecule has 2 aromatic carbocycles. The SMILES string of the molecule is COc1ccc2c(C(C)C)c(COc3cnc4cccc(C(C)C)c4c3)ccc2n1. The molecule has 0 spiro atoms. The van der Waals surface area contributed by atoms with Crippen LogP contribution in [-0.2, 0) is 6.61 Å². The van der Waals surface area contributed by atoms with Gasteiger partial charge in [-0.3, -0.25) is 4.98 Å². The third-order valence-electron chi connectivity index (χ3n) is 5.51. The maximum Gasteiger partial charge on any atom is 0.213 e. The number of hydrogen-bond donors (Lipinski definition) is 0. The van der Waals surface area contributed by atoms with Crippen LogP contribution in [0, 0.1) is 0 Å². The second kappa shape index (κ2) is 8.31. The van der Waals surface area contributed by atoms with Gasteiger partial charge in [-0.2, -0.15) is 0 Å². The highest BCUT2D eigenvalue weighted by atomic mass is 16.5. The van der Waals surface area contributed by atoms with Crippen LogP contribution in [0.5, 0.6) is 11.6 Å². The van der Waals surface area contributed by atoms with E-state index in [1.165, 1.54) is 16.7 Å². The number of methoxy groups -OCH3 is 1. The molecule has 2 aromatic heterocycles. The van der Waals surface area contributed by atoms with E-state index in [0.717, 1.165) is 27.6 Å². The van der Waals surface area contributed by atoms with Gasteiger partial charge >= 0.3 is 0 Å². The van der Waals surface area contributed by atoms with Crippen molar-refractivity contribution in [3.63, 3.8) is 0 Å². The number of rotatable bonds is 6. The van der Waals surface area contributed by atoms with Crippen LogP contribution < -0.4 is 9.47 Å². The molecule has 0 amide bonds. The molecule has 0 radical (unpaired) electrons. The zero-order valence-corrected chi connectivity index (χ0v) is 18.3. The standard InChI is InChI=1S/C26H28N2O2/c1-16(2)20-7-6-8-23-22(20)13-19(14-27-23)30-15-18-9-11-24-21(26(18)17(3)4)10-12-25(28-24)29-5/h6-14,16-17H,15H2,1-5H3. The Balaban J connectivity index is 1.68. The lowest BCUT2D eigenvalue weighted by atomic mass is 9.93. The van der Waals surface area contributed by atoms with E-state index in [1.54, 1.807) is 7.11 Å². The van der Waals surface area contributed by atoms with Gasteiger partial charge in [-0.05, 0) is 52.8 Å². The summed E-state index contributed by atoms with van der Waals surface area (Å²) in [5.41, 5.74) is 5.66. The Bertz CT molecular complexity index is 1200. The number of pyridine rings is 2. The molecule has 4 aromatic rings. The monoisotopic (exact) mass is 400 g/mol. The maximum atomic E-state index is 6.21. The van der Waals surface area contributed by atoms with Gasteiger partial charge in [0.15, 0.2) is 0 Å². The first-order valence-electron chi connectivity index (χ1n) is 10.5. The maximum absolute atomic E-state index is 6.21. The molecule has 0 bridgehead atoms. The fourth-order valence-corrected chi connectivity index (χ4v) is 4.07. The molecule has 4 rings (SSSR count). The van der Waals surface area contributed by atoms with Crippen LogP contribution in [0.3, 0.4) is 0 Å². The van der Waals surface area contributed by atoms with Gasteiger partial charge in [-0.25, -0.2) is 4.98 Å². The molecular formula is C26H28N2O2. The summed E-state index contributed by atoms with van der Waals surface area (Å²) in [5, 5.41) is 2.30. The minimum Gasteiger partial charge on any atom is -0.487 e. The molecule has 2 heterocycles. The smallest absolute Gasteiger partial charge is 0.213 e. The van der Waals surface area contributed by atoms with Crippen molar-refractivity contribution in [2.24, 2.45) is 0 Å². The number of benzene rings is 2. The van der Waals surface area contributed by atoms with Gasteiger partial charge in [0.25, 0.3) is 0 Å².